The molecule has 0 atom stereocenters. The fraction of sp³-hybridized carbons (Fsp3) is 0. The van der Waals surface area contributed by atoms with Gasteiger partial charge in [0.25, 0.3) is 0 Å². The molecule has 5 rings (SSSR count). The lowest BCUT2D eigenvalue weighted by Gasteiger charge is -2.16. The van der Waals surface area contributed by atoms with Gasteiger partial charge in [-0.1, -0.05) is 98.1 Å². The fourth-order valence-corrected chi connectivity index (χ4v) is 4.23. The molecule has 0 aliphatic heterocycles. The van der Waals surface area contributed by atoms with E-state index in [2.05, 4.69) is 98.1 Å². The molecule has 0 aliphatic carbocycles. The number of benzene rings is 5. The lowest BCUT2D eigenvalue weighted by Crippen LogP contribution is -1.92. The summed E-state index contributed by atoms with van der Waals surface area (Å²) in [5.41, 5.74) is 4.67. The van der Waals surface area contributed by atoms with Gasteiger partial charge in [-0.25, -0.2) is 0 Å². The predicted octanol–water partition coefficient (Wildman–Crippen LogP) is 8.10. The smallest absolute Gasteiger partial charge is 0.00928 e. The van der Waals surface area contributed by atoms with Crippen LogP contribution in [0, 0.1) is 0 Å². The molecule has 0 amide bonds. The second kappa shape index (κ2) is 6.51. The molecule has 0 N–H and O–H groups in total. The number of hydrogen-bond donors (Lipinski definition) is 0. The second-order valence-electron chi connectivity index (χ2n) is 7.10. The average molecular weight is 356 g/mol. The molecule has 0 unspecified atom stereocenters. The van der Waals surface area contributed by atoms with E-state index in [0.717, 1.165) is 11.1 Å². The number of fused-ring (bicyclic) bond motifs is 4. The molecule has 0 heterocycles. The van der Waals surface area contributed by atoms with E-state index in [1.165, 1.54) is 43.4 Å². The van der Waals surface area contributed by atoms with Gasteiger partial charge in [-0.2, -0.15) is 0 Å². The monoisotopic (exact) mass is 356 g/mol. The normalized spacial score (nSPS) is 11.1. The molecule has 5 aromatic rings. The van der Waals surface area contributed by atoms with Crippen molar-refractivity contribution in [3.8, 4) is 11.1 Å². The highest BCUT2D eigenvalue weighted by Gasteiger charge is 2.13. The molecule has 0 bridgehead atoms. The van der Waals surface area contributed by atoms with Crippen molar-refractivity contribution >= 4 is 44.5 Å². The zero-order chi connectivity index (χ0) is 19.1. The van der Waals surface area contributed by atoms with Crippen LogP contribution in [-0.2, 0) is 0 Å². The molecule has 0 radical (unpaired) electrons. The molecule has 0 heteroatoms. The van der Waals surface area contributed by atoms with Crippen molar-refractivity contribution in [1.82, 2.24) is 0 Å². The highest BCUT2D eigenvalue weighted by atomic mass is 14.2. The SMILES string of the molecule is C=Cc1c(-c2ccc3ccccc3c2)cc2c(ccc3ccccc32)c1C=C. The Kier molecular flexibility index (Phi) is 3.84. The van der Waals surface area contributed by atoms with Gasteiger partial charge < -0.3 is 0 Å². The van der Waals surface area contributed by atoms with E-state index >= 15 is 0 Å². The summed E-state index contributed by atoms with van der Waals surface area (Å²) >= 11 is 0. The topological polar surface area (TPSA) is 0 Å². The van der Waals surface area contributed by atoms with Crippen molar-refractivity contribution in [3.63, 3.8) is 0 Å². The van der Waals surface area contributed by atoms with Gasteiger partial charge in [-0.05, 0) is 66.7 Å². The van der Waals surface area contributed by atoms with Crippen molar-refractivity contribution in [2.45, 2.75) is 0 Å². The van der Waals surface area contributed by atoms with Crippen LogP contribution >= 0.6 is 0 Å². The molecular weight excluding hydrogens is 336 g/mol. The van der Waals surface area contributed by atoms with Crippen LogP contribution in [0.25, 0.3) is 55.6 Å². The quantitative estimate of drug-likeness (QED) is 0.286. The molecule has 132 valence electrons. The minimum Gasteiger partial charge on any atom is -0.0984 e. The summed E-state index contributed by atoms with van der Waals surface area (Å²) in [6.07, 6.45) is 3.91. The van der Waals surface area contributed by atoms with Gasteiger partial charge in [0, 0.05) is 0 Å². The van der Waals surface area contributed by atoms with Crippen LogP contribution in [0.2, 0.25) is 0 Å². The van der Waals surface area contributed by atoms with Crippen molar-refractivity contribution in [1.29, 1.82) is 0 Å². The van der Waals surface area contributed by atoms with E-state index in [1.54, 1.807) is 0 Å². The van der Waals surface area contributed by atoms with Crippen LogP contribution in [-0.4, -0.2) is 0 Å². The van der Waals surface area contributed by atoms with Gasteiger partial charge in [-0.15, -0.1) is 0 Å². The van der Waals surface area contributed by atoms with Crippen molar-refractivity contribution in [2.75, 3.05) is 0 Å². The van der Waals surface area contributed by atoms with Crippen LogP contribution < -0.4 is 0 Å². The summed E-state index contributed by atoms with van der Waals surface area (Å²) in [6.45, 7) is 8.22. The minimum atomic E-state index is 1.13. The fourth-order valence-electron chi connectivity index (χ4n) is 4.23. The average Bonchev–Trinajstić information content (AvgIpc) is 2.77. The van der Waals surface area contributed by atoms with Crippen LogP contribution in [0.15, 0.2) is 98.1 Å². The van der Waals surface area contributed by atoms with Gasteiger partial charge in [-0.3, -0.25) is 0 Å². The van der Waals surface area contributed by atoms with Crippen LogP contribution in [0.3, 0.4) is 0 Å². The Morgan fingerprint density at radius 2 is 1.18 bits per heavy atom. The summed E-state index contributed by atoms with van der Waals surface area (Å²) in [4.78, 5) is 0. The van der Waals surface area contributed by atoms with Crippen LogP contribution in [0.5, 0.6) is 0 Å². The van der Waals surface area contributed by atoms with Gasteiger partial charge >= 0.3 is 0 Å². The first kappa shape index (κ1) is 16.5. The first-order chi connectivity index (χ1) is 13.8. The maximum atomic E-state index is 4.11. The molecule has 0 saturated heterocycles. The Labute approximate surface area is 165 Å². The summed E-state index contributed by atoms with van der Waals surface area (Å²) in [6, 6.07) is 30.4. The Morgan fingerprint density at radius 1 is 0.500 bits per heavy atom. The molecule has 0 spiro atoms. The molecule has 5 aromatic carbocycles. The Morgan fingerprint density at radius 3 is 1.96 bits per heavy atom. The Balaban J connectivity index is 1.92. The summed E-state index contributed by atoms with van der Waals surface area (Å²) in [5, 5.41) is 7.48. The Bertz CT molecular complexity index is 1390. The first-order valence-electron chi connectivity index (χ1n) is 9.52. The maximum Gasteiger partial charge on any atom is -0.00928 e. The van der Waals surface area contributed by atoms with Gasteiger partial charge in [0.15, 0.2) is 0 Å². The third kappa shape index (κ3) is 2.46. The molecular formula is C28H20. The third-order valence-corrected chi connectivity index (χ3v) is 5.60. The van der Waals surface area contributed by atoms with Crippen molar-refractivity contribution < 1.29 is 0 Å². The van der Waals surface area contributed by atoms with E-state index in [4.69, 9.17) is 0 Å². The van der Waals surface area contributed by atoms with Gasteiger partial charge in [0.2, 0.25) is 0 Å². The zero-order valence-corrected chi connectivity index (χ0v) is 15.7. The van der Waals surface area contributed by atoms with Crippen LogP contribution in [0.1, 0.15) is 11.1 Å². The predicted molar refractivity (Wildman–Crippen MR) is 125 cm³/mol. The standard InChI is InChI=1S/C28H20/c1-3-23-24(4-2)27(22-14-13-19-9-5-6-11-21(19)17-22)18-28-25-12-8-7-10-20(25)15-16-26(23)28/h3-18H,1-2H2. The van der Waals surface area contributed by atoms with Crippen molar-refractivity contribution in [2.24, 2.45) is 0 Å². The largest absolute Gasteiger partial charge is 0.0984 e. The lowest BCUT2D eigenvalue weighted by atomic mass is 9.88. The summed E-state index contributed by atoms with van der Waals surface area (Å²) in [5.74, 6) is 0. The van der Waals surface area contributed by atoms with E-state index in [-0.39, 0.29) is 0 Å². The van der Waals surface area contributed by atoms with Crippen molar-refractivity contribution in [3.05, 3.63) is 109 Å². The summed E-state index contributed by atoms with van der Waals surface area (Å²) in [7, 11) is 0. The van der Waals surface area contributed by atoms with E-state index in [1.807, 2.05) is 12.2 Å². The molecule has 28 heavy (non-hydrogen) atoms. The van der Waals surface area contributed by atoms with E-state index in [0.29, 0.717) is 0 Å². The second-order valence-corrected chi connectivity index (χ2v) is 7.10. The highest BCUT2D eigenvalue weighted by molar-refractivity contribution is 6.13. The molecule has 0 nitrogen and oxygen atoms in total. The molecule has 0 aliphatic rings. The molecule has 0 fully saturated rings. The van der Waals surface area contributed by atoms with Gasteiger partial charge in [0.1, 0.15) is 0 Å². The minimum absolute atomic E-state index is 1.13. The Hall–Kier alpha value is -3.64. The zero-order valence-electron chi connectivity index (χ0n) is 15.7. The van der Waals surface area contributed by atoms with E-state index < -0.39 is 0 Å². The first-order valence-corrected chi connectivity index (χ1v) is 9.52. The molecule has 0 saturated carbocycles. The molecule has 0 aromatic heterocycles. The lowest BCUT2D eigenvalue weighted by molar-refractivity contribution is 1.63. The summed E-state index contributed by atoms with van der Waals surface area (Å²) < 4.78 is 0. The maximum absolute atomic E-state index is 4.11. The van der Waals surface area contributed by atoms with Gasteiger partial charge in [0.05, 0.1) is 0 Å². The highest BCUT2D eigenvalue weighted by Crippen LogP contribution is 2.38. The van der Waals surface area contributed by atoms with Crippen LogP contribution in [0.4, 0.5) is 0 Å². The van der Waals surface area contributed by atoms with E-state index in [9.17, 15) is 0 Å². The number of hydrogen-bond acceptors (Lipinski definition) is 0. The number of rotatable bonds is 3. The third-order valence-electron chi connectivity index (χ3n) is 5.60.